The van der Waals surface area contributed by atoms with Gasteiger partial charge in [-0.1, -0.05) is 73.7 Å². The SMILES string of the molecule is C=C(C)/C=C1/N=CC(/C=C/c2ccccc2)=C(/N=C/C2=CCC(CN(CCC)CCCC(=O)NCCC34CC3NCN4)C=C2)N1N. The summed E-state index contributed by atoms with van der Waals surface area (Å²) < 4.78 is 0. The van der Waals surface area contributed by atoms with Crippen molar-refractivity contribution in [2.75, 3.05) is 32.8 Å². The summed E-state index contributed by atoms with van der Waals surface area (Å²) >= 11 is 0. The summed E-state index contributed by atoms with van der Waals surface area (Å²) in [6.45, 7) is 12.7. The van der Waals surface area contributed by atoms with E-state index in [4.69, 9.17) is 10.8 Å². The minimum absolute atomic E-state index is 0.164. The number of nitrogens with zero attached hydrogens (tertiary/aromatic N) is 4. The molecule has 1 saturated heterocycles. The normalized spacial score (nSPS) is 24.8. The summed E-state index contributed by atoms with van der Waals surface area (Å²) in [5, 5.41) is 11.6. The molecule has 5 rings (SSSR count). The van der Waals surface area contributed by atoms with Gasteiger partial charge < -0.3 is 10.2 Å². The molecule has 2 fully saturated rings. The first kappa shape index (κ1) is 33.5. The van der Waals surface area contributed by atoms with Crippen LogP contribution < -0.4 is 21.8 Å². The molecular formula is C37H50N8O. The van der Waals surface area contributed by atoms with E-state index in [1.54, 1.807) is 6.21 Å². The average Bonchev–Trinajstić information content (AvgIpc) is 3.59. The zero-order valence-corrected chi connectivity index (χ0v) is 27.4. The molecule has 9 nitrogen and oxygen atoms in total. The number of hydrogen-bond acceptors (Lipinski definition) is 8. The van der Waals surface area contributed by atoms with Crippen LogP contribution >= 0.6 is 0 Å². The Hall–Kier alpha value is -3.89. The lowest BCUT2D eigenvalue weighted by molar-refractivity contribution is -0.121. The molecule has 1 amide bonds. The summed E-state index contributed by atoms with van der Waals surface area (Å²) in [5.41, 5.74) is 4.06. The van der Waals surface area contributed by atoms with Crippen LogP contribution in [0, 0.1) is 5.92 Å². The fourth-order valence-corrected chi connectivity index (χ4v) is 6.28. The van der Waals surface area contributed by atoms with E-state index in [0.717, 1.165) is 80.8 Å². The third kappa shape index (κ3) is 9.33. The summed E-state index contributed by atoms with van der Waals surface area (Å²) in [5.74, 6) is 8.30. The second kappa shape index (κ2) is 16.1. The van der Waals surface area contributed by atoms with Gasteiger partial charge in [0, 0.05) is 55.8 Å². The Morgan fingerprint density at radius 1 is 1.28 bits per heavy atom. The molecule has 2 aliphatic heterocycles. The molecule has 2 aliphatic carbocycles. The smallest absolute Gasteiger partial charge is 0.220 e. The number of carbonyl (C=O) groups is 1. The molecule has 1 aromatic rings. The van der Waals surface area contributed by atoms with E-state index in [-0.39, 0.29) is 11.4 Å². The monoisotopic (exact) mass is 622 g/mol. The number of allylic oxidation sites excluding steroid dienone is 7. The van der Waals surface area contributed by atoms with E-state index >= 15 is 0 Å². The van der Waals surface area contributed by atoms with E-state index in [1.165, 1.54) is 11.4 Å². The quantitative estimate of drug-likeness (QED) is 0.156. The van der Waals surface area contributed by atoms with Crippen molar-refractivity contribution in [1.29, 1.82) is 0 Å². The summed E-state index contributed by atoms with van der Waals surface area (Å²) in [6, 6.07) is 10.7. The van der Waals surface area contributed by atoms with Crippen LogP contribution in [0.3, 0.4) is 0 Å². The highest BCUT2D eigenvalue weighted by atomic mass is 16.1. The molecule has 46 heavy (non-hydrogen) atoms. The number of benzene rings is 1. The van der Waals surface area contributed by atoms with Crippen molar-refractivity contribution in [3.63, 3.8) is 0 Å². The standard InChI is InChI=1S/C37H50N8O/c1-4-20-44(21-8-11-35(46)39-19-18-37-23-33(37)42-27-43-37)26-31-14-12-30(13-15-31)24-41-36-32(17-16-29-9-6-5-7-10-29)25-40-34(45(36)38)22-28(2)3/h5-7,9-10,12-14,16-17,22,24-25,31,33,42-43H,2,4,8,11,15,18-21,23,26-27,38H2,1,3H3,(H,39,46)/b17-16+,34-22-,41-24+. The topological polar surface area (TPSA) is 110 Å². The molecular weight excluding hydrogens is 572 g/mol. The maximum atomic E-state index is 12.5. The van der Waals surface area contributed by atoms with E-state index in [2.05, 4.69) is 69.7 Å². The van der Waals surface area contributed by atoms with Gasteiger partial charge in [0.15, 0.2) is 5.82 Å². The van der Waals surface area contributed by atoms with Gasteiger partial charge >= 0.3 is 0 Å². The molecule has 1 aromatic carbocycles. The fraction of sp³-hybridized carbons (Fsp3) is 0.432. The highest BCUT2D eigenvalue weighted by molar-refractivity contribution is 5.89. The third-order valence-electron chi connectivity index (χ3n) is 8.92. The van der Waals surface area contributed by atoms with Crippen molar-refractivity contribution in [2.24, 2.45) is 21.7 Å². The molecule has 244 valence electrons. The van der Waals surface area contributed by atoms with E-state index < -0.39 is 0 Å². The molecule has 0 radical (unpaired) electrons. The van der Waals surface area contributed by atoms with Crippen LogP contribution in [0.4, 0.5) is 0 Å². The molecule has 5 N–H and O–H groups in total. The molecule has 9 heteroatoms. The first-order valence-electron chi connectivity index (χ1n) is 16.7. The number of hydrogen-bond donors (Lipinski definition) is 4. The Morgan fingerprint density at radius 3 is 2.83 bits per heavy atom. The highest BCUT2D eigenvalue weighted by Gasteiger charge is 2.56. The van der Waals surface area contributed by atoms with Crippen molar-refractivity contribution in [3.05, 3.63) is 101 Å². The maximum absolute atomic E-state index is 12.5. The predicted octanol–water partition coefficient (Wildman–Crippen LogP) is 4.82. The molecule has 0 spiro atoms. The Bertz CT molecular complexity index is 1450. The van der Waals surface area contributed by atoms with Crippen molar-refractivity contribution < 1.29 is 4.79 Å². The maximum Gasteiger partial charge on any atom is 0.220 e. The van der Waals surface area contributed by atoms with Gasteiger partial charge in [-0.25, -0.2) is 20.8 Å². The molecule has 0 bridgehead atoms. The second-order valence-electron chi connectivity index (χ2n) is 12.8. The second-order valence-corrected chi connectivity index (χ2v) is 12.8. The van der Waals surface area contributed by atoms with Gasteiger partial charge in [-0.05, 0) is 81.3 Å². The van der Waals surface area contributed by atoms with Gasteiger partial charge in [-0.3, -0.25) is 15.4 Å². The number of hydrazine groups is 1. The average molecular weight is 623 g/mol. The van der Waals surface area contributed by atoms with Gasteiger partial charge in [-0.15, -0.1) is 0 Å². The Labute approximate surface area is 274 Å². The largest absolute Gasteiger partial charge is 0.356 e. The van der Waals surface area contributed by atoms with Gasteiger partial charge in [0.25, 0.3) is 0 Å². The summed E-state index contributed by atoms with van der Waals surface area (Å²) in [7, 11) is 0. The summed E-state index contributed by atoms with van der Waals surface area (Å²) in [6.07, 6.45) is 21.9. The zero-order valence-electron chi connectivity index (χ0n) is 27.4. The van der Waals surface area contributed by atoms with Crippen LogP contribution in [0.5, 0.6) is 0 Å². The number of rotatable bonds is 16. The summed E-state index contributed by atoms with van der Waals surface area (Å²) in [4.78, 5) is 24.3. The van der Waals surface area contributed by atoms with Crippen LogP contribution in [0.1, 0.15) is 57.9 Å². The van der Waals surface area contributed by atoms with E-state index in [1.807, 2.05) is 49.6 Å². The van der Waals surface area contributed by atoms with Crippen molar-refractivity contribution in [2.45, 2.75) is 64.0 Å². The molecule has 4 aliphatic rings. The first-order chi connectivity index (χ1) is 22.3. The number of fused-ring (bicyclic) bond motifs is 1. The van der Waals surface area contributed by atoms with Crippen molar-refractivity contribution >= 4 is 24.4 Å². The Balaban J connectivity index is 1.12. The van der Waals surface area contributed by atoms with E-state index in [0.29, 0.717) is 30.0 Å². The Morgan fingerprint density at radius 2 is 2.13 bits per heavy atom. The van der Waals surface area contributed by atoms with Crippen LogP contribution in [-0.4, -0.2) is 72.7 Å². The lowest BCUT2D eigenvalue weighted by atomic mass is 9.96. The first-order valence-corrected chi connectivity index (χ1v) is 16.7. The van der Waals surface area contributed by atoms with Gasteiger partial charge in [0.05, 0.1) is 0 Å². The minimum atomic E-state index is 0.164. The molecule has 2 heterocycles. The number of carbonyl (C=O) groups excluding carboxylic acids is 1. The minimum Gasteiger partial charge on any atom is -0.356 e. The van der Waals surface area contributed by atoms with Gasteiger partial charge in [0.2, 0.25) is 5.91 Å². The van der Waals surface area contributed by atoms with Gasteiger partial charge in [-0.2, -0.15) is 0 Å². The number of aliphatic imine (C=N–C) groups is 2. The zero-order chi connectivity index (χ0) is 32.4. The Kier molecular flexibility index (Phi) is 11.7. The van der Waals surface area contributed by atoms with Gasteiger partial charge in [0.1, 0.15) is 5.82 Å². The number of amides is 1. The lowest BCUT2D eigenvalue weighted by Crippen LogP contribution is -2.35. The lowest BCUT2D eigenvalue weighted by Gasteiger charge is -2.26. The van der Waals surface area contributed by atoms with Crippen LogP contribution in [-0.2, 0) is 4.79 Å². The number of nitrogens with two attached hydrogens (primary N) is 1. The molecule has 3 unspecified atom stereocenters. The third-order valence-corrected chi connectivity index (χ3v) is 8.92. The van der Waals surface area contributed by atoms with Crippen LogP contribution in [0.25, 0.3) is 6.08 Å². The van der Waals surface area contributed by atoms with Crippen molar-refractivity contribution in [1.82, 2.24) is 25.9 Å². The van der Waals surface area contributed by atoms with E-state index in [9.17, 15) is 4.79 Å². The molecule has 0 aromatic heterocycles. The van der Waals surface area contributed by atoms with Crippen molar-refractivity contribution in [3.8, 4) is 0 Å². The molecule has 1 saturated carbocycles. The predicted molar refractivity (Wildman–Crippen MR) is 190 cm³/mol. The molecule has 3 atom stereocenters. The number of nitrogens with one attached hydrogen (secondary N) is 3. The fourth-order valence-electron chi connectivity index (χ4n) is 6.28. The van der Waals surface area contributed by atoms with Crippen LogP contribution in [0.2, 0.25) is 0 Å². The highest BCUT2D eigenvalue weighted by Crippen LogP contribution is 2.41. The van der Waals surface area contributed by atoms with Crippen LogP contribution in [0.15, 0.2) is 106 Å².